The molecule has 0 saturated carbocycles. The molecule has 0 unspecified atom stereocenters. The Morgan fingerprint density at radius 1 is 1.30 bits per heavy atom. The van der Waals surface area contributed by atoms with Gasteiger partial charge in [0.15, 0.2) is 0 Å². The molecule has 0 spiro atoms. The first-order valence-corrected chi connectivity index (χ1v) is 11.0. The van der Waals surface area contributed by atoms with Gasteiger partial charge in [0.1, 0.15) is 17.3 Å². The largest absolute Gasteiger partial charge is 0.491 e. The van der Waals surface area contributed by atoms with Gasteiger partial charge in [0.2, 0.25) is 0 Å². The number of fused-ring (bicyclic) bond motifs is 1. The number of pyridine rings is 1. The van der Waals surface area contributed by atoms with Crippen molar-refractivity contribution in [1.82, 2.24) is 18.9 Å². The standard InChI is InChI=1S/C20H21N7O5S/c1-24(2)8-9-32-19-5-4-17(27(28)29)11-20(19)33(30,31)25(3)22-13-16-14-23-26-7-6-15(12-21)10-18(16)26/h4-7,10-11,13-14H,8-9H2,1-3H3/b22-13-. The molecule has 13 heteroatoms. The van der Waals surface area contributed by atoms with E-state index < -0.39 is 20.6 Å². The molecule has 0 aliphatic rings. The molecule has 0 fully saturated rings. The average molecular weight is 471 g/mol. The molecular weight excluding hydrogens is 450 g/mol. The van der Waals surface area contributed by atoms with Gasteiger partial charge < -0.3 is 9.64 Å². The van der Waals surface area contributed by atoms with Crippen molar-refractivity contribution >= 4 is 27.4 Å². The summed E-state index contributed by atoms with van der Waals surface area (Å²) in [6.07, 6.45) is 4.36. The van der Waals surface area contributed by atoms with E-state index in [9.17, 15) is 18.5 Å². The second-order valence-electron chi connectivity index (χ2n) is 7.18. The highest BCUT2D eigenvalue weighted by molar-refractivity contribution is 7.89. The van der Waals surface area contributed by atoms with Crippen molar-refractivity contribution < 1.29 is 18.1 Å². The van der Waals surface area contributed by atoms with Crippen molar-refractivity contribution in [2.45, 2.75) is 4.90 Å². The molecule has 1 aromatic carbocycles. The minimum Gasteiger partial charge on any atom is -0.491 e. The summed E-state index contributed by atoms with van der Waals surface area (Å²) in [7, 11) is 0.592. The lowest BCUT2D eigenvalue weighted by atomic mass is 10.2. The van der Waals surface area contributed by atoms with Gasteiger partial charge in [0, 0.05) is 37.5 Å². The summed E-state index contributed by atoms with van der Waals surface area (Å²) in [6, 6.07) is 8.60. The Balaban J connectivity index is 1.94. The van der Waals surface area contributed by atoms with Crippen molar-refractivity contribution in [3.8, 4) is 11.8 Å². The van der Waals surface area contributed by atoms with E-state index in [1.54, 1.807) is 18.3 Å². The third-order valence-corrected chi connectivity index (χ3v) is 6.26. The number of hydrazone groups is 1. The van der Waals surface area contributed by atoms with Crippen LogP contribution in [0.25, 0.3) is 5.52 Å². The molecule has 33 heavy (non-hydrogen) atoms. The van der Waals surface area contributed by atoms with Crippen LogP contribution >= 0.6 is 0 Å². The SMILES string of the molecule is CN(C)CCOc1ccc([N+](=O)[O-])cc1S(=O)(=O)N(C)/N=C\c1cnn2ccc(C#N)cc12. The first kappa shape index (κ1) is 23.6. The van der Waals surface area contributed by atoms with Crippen LogP contribution in [0.15, 0.2) is 52.7 Å². The highest BCUT2D eigenvalue weighted by Gasteiger charge is 2.27. The molecule has 0 aliphatic heterocycles. The van der Waals surface area contributed by atoms with Crippen molar-refractivity contribution in [2.75, 3.05) is 34.3 Å². The van der Waals surface area contributed by atoms with E-state index >= 15 is 0 Å². The van der Waals surface area contributed by atoms with E-state index in [-0.39, 0.29) is 17.3 Å². The highest BCUT2D eigenvalue weighted by Crippen LogP contribution is 2.30. The van der Waals surface area contributed by atoms with Crippen molar-refractivity contribution in [1.29, 1.82) is 5.26 Å². The van der Waals surface area contributed by atoms with Crippen molar-refractivity contribution in [3.05, 3.63) is 64.0 Å². The fraction of sp³-hybridized carbons (Fsp3) is 0.250. The van der Waals surface area contributed by atoms with Gasteiger partial charge in [0.25, 0.3) is 15.7 Å². The lowest BCUT2D eigenvalue weighted by Gasteiger charge is -2.17. The van der Waals surface area contributed by atoms with Gasteiger partial charge in [-0.25, -0.2) is 4.52 Å². The minimum absolute atomic E-state index is 0.0147. The average Bonchev–Trinajstić information content (AvgIpc) is 3.19. The fourth-order valence-corrected chi connectivity index (χ4v) is 3.89. The minimum atomic E-state index is -4.28. The molecular formula is C20H21N7O5S. The Morgan fingerprint density at radius 2 is 2.06 bits per heavy atom. The normalized spacial score (nSPS) is 11.7. The number of hydrogen-bond acceptors (Lipinski definition) is 9. The third-order valence-electron chi connectivity index (χ3n) is 4.60. The second-order valence-corrected chi connectivity index (χ2v) is 9.10. The second kappa shape index (κ2) is 9.63. The number of nitro benzene ring substituents is 1. The van der Waals surface area contributed by atoms with E-state index in [0.29, 0.717) is 27.6 Å². The number of non-ortho nitro benzene ring substituents is 1. The zero-order valence-corrected chi connectivity index (χ0v) is 18.9. The molecule has 12 nitrogen and oxygen atoms in total. The van der Waals surface area contributed by atoms with E-state index in [2.05, 4.69) is 10.2 Å². The van der Waals surface area contributed by atoms with Crippen molar-refractivity contribution in [3.63, 3.8) is 0 Å². The van der Waals surface area contributed by atoms with Crippen molar-refractivity contribution in [2.24, 2.45) is 5.10 Å². The molecule has 0 amide bonds. The van der Waals surface area contributed by atoms with E-state index in [4.69, 9.17) is 10.00 Å². The summed E-state index contributed by atoms with van der Waals surface area (Å²) in [5.41, 5.74) is 1.06. The van der Waals surface area contributed by atoms with E-state index in [0.717, 1.165) is 6.07 Å². The summed E-state index contributed by atoms with van der Waals surface area (Å²) < 4.78 is 34.2. The van der Waals surface area contributed by atoms with Gasteiger partial charge in [-0.2, -0.15) is 28.3 Å². The van der Waals surface area contributed by atoms with Crippen LogP contribution < -0.4 is 4.74 Å². The number of benzene rings is 1. The number of rotatable bonds is 9. The molecule has 0 aliphatic carbocycles. The van der Waals surface area contributed by atoms with Crippen LogP contribution in [-0.2, 0) is 10.0 Å². The van der Waals surface area contributed by atoms with Crippen LogP contribution in [0.5, 0.6) is 5.75 Å². The Labute approximate surface area is 190 Å². The van der Waals surface area contributed by atoms with Gasteiger partial charge in [0.05, 0.1) is 34.5 Å². The number of sulfonamides is 1. The van der Waals surface area contributed by atoms with Gasteiger partial charge in [-0.15, -0.1) is 0 Å². The zero-order chi connectivity index (χ0) is 24.2. The number of nitro groups is 1. The van der Waals surface area contributed by atoms with Gasteiger partial charge in [-0.1, -0.05) is 0 Å². The highest BCUT2D eigenvalue weighted by atomic mass is 32.2. The number of aromatic nitrogens is 2. The summed E-state index contributed by atoms with van der Waals surface area (Å²) in [5.74, 6) is -0.0147. The topological polar surface area (TPSA) is 146 Å². The van der Waals surface area contributed by atoms with Crippen LogP contribution in [0.2, 0.25) is 0 Å². The number of hydrogen-bond donors (Lipinski definition) is 0. The molecule has 2 heterocycles. The van der Waals surface area contributed by atoms with Crippen LogP contribution in [0.1, 0.15) is 11.1 Å². The molecule has 0 N–H and O–H groups in total. The monoisotopic (exact) mass is 471 g/mol. The Morgan fingerprint density at radius 3 is 2.73 bits per heavy atom. The molecule has 172 valence electrons. The van der Waals surface area contributed by atoms with Crippen LogP contribution in [0, 0.1) is 21.4 Å². The van der Waals surface area contributed by atoms with Gasteiger partial charge >= 0.3 is 0 Å². The number of likely N-dealkylation sites (N-methyl/N-ethyl adjacent to an activating group) is 1. The first-order chi connectivity index (χ1) is 15.6. The summed E-state index contributed by atoms with van der Waals surface area (Å²) in [4.78, 5) is 12.0. The fourth-order valence-electron chi connectivity index (χ4n) is 2.79. The lowest BCUT2D eigenvalue weighted by Crippen LogP contribution is -2.24. The third kappa shape index (κ3) is 5.25. The first-order valence-electron chi connectivity index (χ1n) is 9.60. The van der Waals surface area contributed by atoms with Gasteiger partial charge in [-0.05, 0) is 32.3 Å². The predicted octanol–water partition coefficient (Wildman–Crippen LogP) is 1.71. The lowest BCUT2D eigenvalue weighted by molar-refractivity contribution is -0.385. The maximum absolute atomic E-state index is 13.2. The molecule has 0 radical (unpaired) electrons. The maximum Gasteiger partial charge on any atom is 0.282 e. The summed E-state index contributed by atoms with van der Waals surface area (Å²) in [6.45, 7) is 0.702. The predicted molar refractivity (Wildman–Crippen MR) is 120 cm³/mol. The summed E-state index contributed by atoms with van der Waals surface area (Å²) in [5, 5.41) is 28.4. The Hall–Kier alpha value is -4.02. The molecule has 0 atom stereocenters. The molecule has 3 rings (SSSR count). The van der Waals surface area contributed by atoms with Gasteiger partial charge in [-0.3, -0.25) is 10.1 Å². The molecule has 2 aromatic heterocycles. The van der Waals surface area contributed by atoms with Crippen LogP contribution in [0.3, 0.4) is 0 Å². The van der Waals surface area contributed by atoms with Crippen LogP contribution in [-0.4, -0.2) is 72.8 Å². The number of ether oxygens (including phenoxy) is 1. The Bertz CT molecular complexity index is 1360. The molecule has 0 saturated heterocycles. The van der Waals surface area contributed by atoms with Crippen LogP contribution in [0.4, 0.5) is 5.69 Å². The molecule has 0 bridgehead atoms. The zero-order valence-electron chi connectivity index (χ0n) is 18.1. The molecule has 3 aromatic rings. The number of nitrogens with zero attached hydrogens (tertiary/aromatic N) is 7. The van der Waals surface area contributed by atoms with E-state index in [1.165, 1.54) is 36.1 Å². The quantitative estimate of drug-likeness (QED) is 0.260. The van der Waals surface area contributed by atoms with E-state index in [1.807, 2.05) is 25.1 Å². The summed E-state index contributed by atoms with van der Waals surface area (Å²) >= 11 is 0. The smallest absolute Gasteiger partial charge is 0.282 e. The maximum atomic E-state index is 13.2. The number of nitriles is 1. The Kier molecular flexibility index (Phi) is 6.90.